The van der Waals surface area contributed by atoms with Crippen molar-refractivity contribution in [3.63, 3.8) is 0 Å². The highest BCUT2D eigenvalue weighted by atomic mass is 79.9. The summed E-state index contributed by atoms with van der Waals surface area (Å²) in [5.74, 6) is -2.38. The SMILES string of the molecule is COc1cc(/C=C2\C(=O)NC(=O)N(c3cccc([N+](=O)[O-])c3)C2=O)cc(Br)c1OCc1ccc(C(=O)O)cc1. The van der Waals surface area contributed by atoms with Crippen molar-refractivity contribution in [2.24, 2.45) is 0 Å². The molecule has 4 amide bonds. The first-order valence-electron chi connectivity index (χ1n) is 11.1. The highest BCUT2D eigenvalue weighted by molar-refractivity contribution is 9.10. The van der Waals surface area contributed by atoms with Crippen molar-refractivity contribution >= 4 is 57.2 Å². The van der Waals surface area contributed by atoms with Crippen molar-refractivity contribution in [3.05, 3.63) is 97.5 Å². The Morgan fingerprint density at radius 1 is 1.13 bits per heavy atom. The van der Waals surface area contributed by atoms with Crippen LogP contribution in [0.5, 0.6) is 11.5 Å². The molecule has 12 nitrogen and oxygen atoms in total. The van der Waals surface area contributed by atoms with Gasteiger partial charge in [0, 0.05) is 12.1 Å². The number of nitro groups is 1. The quantitative estimate of drug-likeness (QED) is 0.167. The number of benzene rings is 3. The second kappa shape index (κ2) is 11.1. The number of methoxy groups -OCH3 is 1. The molecule has 1 fully saturated rings. The van der Waals surface area contributed by atoms with Gasteiger partial charge in [0.1, 0.15) is 12.2 Å². The smallest absolute Gasteiger partial charge is 0.335 e. The van der Waals surface area contributed by atoms with Crippen LogP contribution in [0.4, 0.5) is 16.2 Å². The molecule has 39 heavy (non-hydrogen) atoms. The number of halogens is 1. The zero-order chi connectivity index (χ0) is 28.3. The fraction of sp³-hybridized carbons (Fsp3) is 0.0769. The van der Waals surface area contributed by atoms with Crippen LogP contribution in [0.15, 0.2) is 70.7 Å². The number of aromatic carboxylic acids is 1. The topological polar surface area (TPSA) is 165 Å². The van der Waals surface area contributed by atoms with Crippen molar-refractivity contribution < 1.29 is 38.7 Å². The van der Waals surface area contributed by atoms with Gasteiger partial charge in [0.2, 0.25) is 0 Å². The number of urea groups is 1. The molecule has 0 spiro atoms. The summed E-state index contributed by atoms with van der Waals surface area (Å²) in [7, 11) is 1.40. The van der Waals surface area contributed by atoms with Crippen LogP contribution >= 0.6 is 15.9 Å². The van der Waals surface area contributed by atoms with Gasteiger partial charge in [-0.25, -0.2) is 14.5 Å². The third-order valence-electron chi connectivity index (χ3n) is 5.55. The lowest BCUT2D eigenvalue weighted by atomic mass is 10.1. The van der Waals surface area contributed by atoms with Gasteiger partial charge in [0.15, 0.2) is 11.5 Å². The van der Waals surface area contributed by atoms with E-state index in [4.69, 9.17) is 14.6 Å². The minimum atomic E-state index is -1.04. The maximum atomic E-state index is 13.2. The number of barbiturate groups is 1. The maximum Gasteiger partial charge on any atom is 0.335 e. The number of hydrogen-bond acceptors (Lipinski definition) is 8. The lowest BCUT2D eigenvalue weighted by molar-refractivity contribution is -0.384. The summed E-state index contributed by atoms with van der Waals surface area (Å²) in [6.45, 7) is 0.0937. The third kappa shape index (κ3) is 5.78. The summed E-state index contributed by atoms with van der Waals surface area (Å²) in [5, 5.41) is 22.2. The number of nitrogens with one attached hydrogen (secondary N) is 1. The Balaban J connectivity index is 1.62. The molecule has 1 aliphatic heterocycles. The van der Waals surface area contributed by atoms with Gasteiger partial charge in [0.05, 0.1) is 27.8 Å². The van der Waals surface area contributed by atoms with E-state index in [9.17, 15) is 29.3 Å². The number of ether oxygens (including phenoxy) is 2. The van der Waals surface area contributed by atoms with Crippen LogP contribution in [0.3, 0.4) is 0 Å². The molecule has 1 heterocycles. The van der Waals surface area contributed by atoms with Gasteiger partial charge >= 0.3 is 12.0 Å². The second-order valence-electron chi connectivity index (χ2n) is 8.06. The van der Waals surface area contributed by atoms with E-state index in [1.165, 1.54) is 49.6 Å². The van der Waals surface area contributed by atoms with Gasteiger partial charge in [-0.2, -0.15) is 0 Å². The van der Waals surface area contributed by atoms with Crippen molar-refractivity contribution in [2.45, 2.75) is 6.61 Å². The average molecular weight is 596 g/mol. The molecule has 4 rings (SSSR count). The van der Waals surface area contributed by atoms with E-state index in [0.29, 0.717) is 26.2 Å². The number of carbonyl (C=O) groups excluding carboxylic acids is 3. The van der Waals surface area contributed by atoms with Gasteiger partial charge in [0.25, 0.3) is 17.5 Å². The number of imide groups is 2. The molecule has 2 N–H and O–H groups in total. The van der Waals surface area contributed by atoms with Crippen molar-refractivity contribution in [1.29, 1.82) is 0 Å². The number of rotatable bonds is 8. The van der Waals surface area contributed by atoms with Crippen LogP contribution in [0.25, 0.3) is 6.08 Å². The summed E-state index contributed by atoms with van der Waals surface area (Å²) in [6.07, 6.45) is 1.25. The normalized spacial score (nSPS) is 14.3. The molecule has 0 saturated carbocycles. The highest BCUT2D eigenvalue weighted by Gasteiger charge is 2.37. The molecule has 0 aliphatic carbocycles. The number of carbonyl (C=O) groups is 4. The largest absolute Gasteiger partial charge is 0.493 e. The van der Waals surface area contributed by atoms with Crippen molar-refractivity contribution in [1.82, 2.24) is 5.32 Å². The van der Waals surface area contributed by atoms with Crippen LogP contribution in [0.1, 0.15) is 21.5 Å². The lowest BCUT2D eigenvalue weighted by Crippen LogP contribution is -2.54. The van der Waals surface area contributed by atoms with E-state index in [-0.39, 0.29) is 34.9 Å². The average Bonchev–Trinajstić information content (AvgIpc) is 2.90. The van der Waals surface area contributed by atoms with E-state index >= 15 is 0 Å². The molecule has 0 atom stereocenters. The number of non-ortho nitro benzene ring substituents is 1. The van der Waals surface area contributed by atoms with Crippen molar-refractivity contribution in [3.8, 4) is 11.5 Å². The Kier molecular flexibility index (Phi) is 7.72. The van der Waals surface area contributed by atoms with E-state index in [2.05, 4.69) is 21.2 Å². The molecule has 3 aromatic carbocycles. The molecule has 0 aromatic heterocycles. The molecule has 0 unspecified atom stereocenters. The van der Waals surface area contributed by atoms with Gasteiger partial charge < -0.3 is 14.6 Å². The molecule has 0 radical (unpaired) electrons. The summed E-state index contributed by atoms with van der Waals surface area (Å²) in [6, 6.07) is 13.1. The molecular formula is C26H18BrN3O9. The number of nitro benzene ring substituents is 1. The van der Waals surface area contributed by atoms with Crippen LogP contribution in [-0.2, 0) is 16.2 Å². The van der Waals surface area contributed by atoms with Crippen LogP contribution in [0, 0.1) is 10.1 Å². The fourth-order valence-electron chi connectivity index (χ4n) is 3.67. The predicted molar refractivity (Wildman–Crippen MR) is 141 cm³/mol. The first-order valence-corrected chi connectivity index (χ1v) is 11.9. The minimum Gasteiger partial charge on any atom is -0.493 e. The van der Waals surface area contributed by atoms with Gasteiger partial charge in [-0.3, -0.25) is 25.0 Å². The molecule has 13 heteroatoms. The Morgan fingerprint density at radius 3 is 2.49 bits per heavy atom. The minimum absolute atomic E-state index is 0.0796. The van der Waals surface area contributed by atoms with Crippen molar-refractivity contribution in [2.75, 3.05) is 12.0 Å². The zero-order valence-corrected chi connectivity index (χ0v) is 21.6. The number of anilines is 1. The Labute approximate surface area is 228 Å². The van der Waals surface area contributed by atoms with E-state index in [1.54, 1.807) is 18.2 Å². The number of amides is 4. The van der Waals surface area contributed by atoms with Crippen LogP contribution in [-0.4, -0.2) is 41.0 Å². The Hall–Kier alpha value is -5.04. The van der Waals surface area contributed by atoms with Gasteiger partial charge in [-0.15, -0.1) is 0 Å². The van der Waals surface area contributed by atoms with Gasteiger partial charge in [-0.1, -0.05) is 18.2 Å². The molecule has 0 bridgehead atoms. The molecule has 1 saturated heterocycles. The van der Waals surface area contributed by atoms with E-state index in [1.807, 2.05) is 0 Å². The van der Waals surface area contributed by atoms with Crippen LogP contribution in [0.2, 0.25) is 0 Å². The molecule has 1 aliphatic rings. The first-order chi connectivity index (χ1) is 18.6. The van der Waals surface area contributed by atoms with E-state index < -0.39 is 28.7 Å². The number of carboxylic acid groups (broad SMARTS) is 1. The zero-order valence-electron chi connectivity index (χ0n) is 20.0. The standard InChI is InChI=1S/C26H18BrN3O9/c1-38-21-11-15(10-20(27)22(21)39-13-14-5-7-16(8-6-14)25(33)34)9-19-23(31)28-26(35)29(24(19)32)17-3-2-4-18(12-17)30(36)37/h2-12H,13H2,1H3,(H,33,34)(H,28,31,35)/b19-9+. The number of nitrogens with zero attached hydrogens (tertiary/aromatic N) is 2. The second-order valence-corrected chi connectivity index (χ2v) is 8.91. The number of carboxylic acids is 1. The maximum absolute atomic E-state index is 13.2. The number of hydrogen-bond donors (Lipinski definition) is 2. The molecular weight excluding hydrogens is 578 g/mol. The lowest BCUT2D eigenvalue weighted by Gasteiger charge is -2.26. The van der Waals surface area contributed by atoms with Crippen LogP contribution < -0.4 is 19.7 Å². The third-order valence-corrected chi connectivity index (χ3v) is 6.14. The highest BCUT2D eigenvalue weighted by Crippen LogP contribution is 2.38. The summed E-state index contributed by atoms with van der Waals surface area (Å²) in [5.41, 5.74) is 0.394. The first kappa shape index (κ1) is 27.0. The summed E-state index contributed by atoms with van der Waals surface area (Å²) in [4.78, 5) is 60.3. The van der Waals surface area contributed by atoms with Gasteiger partial charge in [-0.05, 0) is 63.5 Å². The molecule has 198 valence electrons. The fourth-order valence-corrected chi connectivity index (χ4v) is 4.24. The molecule has 3 aromatic rings. The predicted octanol–water partition coefficient (Wildman–Crippen LogP) is 4.31. The Bertz CT molecular complexity index is 1550. The Morgan fingerprint density at radius 2 is 1.85 bits per heavy atom. The summed E-state index contributed by atoms with van der Waals surface area (Å²) >= 11 is 3.39. The van der Waals surface area contributed by atoms with E-state index in [0.717, 1.165) is 6.07 Å². The summed E-state index contributed by atoms with van der Waals surface area (Å²) < 4.78 is 11.7. The monoisotopic (exact) mass is 595 g/mol.